The number of imidazole rings is 1. The van der Waals surface area contributed by atoms with E-state index >= 15 is 0 Å². The number of aliphatic carboxylic acids is 1. The third-order valence-electron chi connectivity index (χ3n) is 6.83. The summed E-state index contributed by atoms with van der Waals surface area (Å²) in [5.41, 5.74) is 7.64. The van der Waals surface area contributed by atoms with Crippen LogP contribution in [0, 0.1) is 11.8 Å². The number of nitrogens with two attached hydrogens (primary N) is 1. The zero-order valence-corrected chi connectivity index (χ0v) is 21.3. The van der Waals surface area contributed by atoms with Crippen LogP contribution in [0.5, 0.6) is 0 Å². The quantitative estimate of drug-likeness (QED) is 0.175. The Balaban J connectivity index is 1.56. The normalized spacial score (nSPS) is 22.6. The number of aliphatic hydroxyl groups excluding tert-OH is 1. The van der Waals surface area contributed by atoms with E-state index in [9.17, 15) is 19.8 Å². The SMILES string of the molecule is C[C@@H](O)[C@H]1C(=O)N2C(C(=O)O)=C(c3cn4c[n+](Cc5ccccc5)c(SCCCN)c4s3)[C@H](C)[C@H]12. The molecule has 184 valence electrons. The molecule has 2 aliphatic rings. The minimum absolute atomic E-state index is 0.0448. The Hall–Kier alpha value is -2.66. The molecule has 0 bridgehead atoms. The molecule has 10 heteroatoms. The average molecular weight is 514 g/mol. The largest absolute Gasteiger partial charge is 0.477 e. The molecule has 4 heterocycles. The summed E-state index contributed by atoms with van der Waals surface area (Å²) in [6.07, 6.45) is 4.10. The Morgan fingerprint density at radius 2 is 2.06 bits per heavy atom. The minimum Gasteiger partial charge on any atom is -0.477 e. The summed E-state index contributed by atoms with van der Waals surface area (Å²) in [4.78, 5) is 28.2. The molecule has 2 aliphatic heterocycles. The van der Waals surface area contributed by atoms with Crippen LogP contribution < -0.4 is 10.3 Å². The molecule has 3 aromatic rings. The van der Waals surface area contributed by atoms with E-state index in [0.29, 0.717) is 12.1 Å². The number of thiazole rings is 1. The van der Waals surface area contributed by atoms with Gasteiger partial charge >= 0.3 is 5.97 Å². The number of carboxylic acids is 1. The molecule has 1 fully saturated rings. The molecular formula is C25H29N4O4S2+. The van der Waals surface area contributed by atoms with E-state index in [1.807, 2.05) is 37.6 Å². The first-order chi connectivity index (χ1) is 16.8. The van der Waals surface area contributed by atoms with Crippen LogP contribution in [0.25, 0.3) is 10.4 Å². The summed E-state index contributed by atoms with van der Waals surface area (Å²) >= 11 is 3.30. The highest BCUT2D eigenvalue weighted by atomic mass is 32.2. The van der Waals surface area contributed by atoms with Gasteiger partial charge in [-0.2, -0.15) is 4.40 Å². The van der Waals surface area contributed by atoms with Crippen molar-refractivity contribution in [3.05, 3.63) is 59.0 Å². The Labute approximate surface area is 211 Å². The van der Waals surface area contributed by atoms with Crippen LogP contribution in [0.1, 0.15) is 30.7 Å². The van der Waals surface area contributed by atoms with E-state index in [4.69, 9.17) is 5.73 Å². The lowest BCUT2D eigenvalue weighted by molar-refractivity contribution is -0.721. The van der Waals surface area contributed by atoms with Gasteiger partial charge in [-0.05, 0) is 25.5 Å². The number of hydrogen-bond donors (Lipinski definition) is 3. The van der Waals surface area contributed by atoms with Crippen molar-refractivity contribution in [1.29, 1.82) is 0 Å². The highest BCUT2D eigenvalue weighted by Crippen LogP contribution is 2.51. The third-order valence-corrected chi connectivity index (χ3v) is 9.29. The van der Waals surface area contributed by atoms with Gasteiger partial charge in [-0.1, -0.05) is 60.4 Å². The van der Waals surface area contributed by atoms with Gasteiger partial charge in [0, 0.05) is 17.2 Å². The lowest BCUT2D eigenvalue weighted by atomic mass is 9.77. The maximum atomic E-state index is 12.7. The van der Waals surface area contributed by atoms with Gasteiger partial charge in [-0.15, -0.1) is 0 Å². The van der Waals surface area contributed by atoms with Crippen LogP contribution in [-0.4, -0.2) is 55.8 Å². The molecule has 1 saturated heterocycles. The number of aliphatic hydroxyl groups is 1. The number of β-lactam (4-membered cyclic amide) rings is 1. The number of amides is 1. The second kappa shape index (κ2) is 9.42. The molecule has 4 N–H and O–H groups in total. The Kier molecular flexibility index (Phi) is 6.47. The lowest BCUT2D eigenvalue weighted by Gasteiger charge is -2.46. The second-order valence-corrected chi connectivity index (χ2v) is 11.3. The zero-order valence-electron chi connectivity index (χ0n) is 19.6. The predicted molar refractivity (Wildman–Crippen MR) is 135 cm³/mol. The maximum absolute atomic E-state index is 12.7. The first kappa shape index (κ1) is 24.1. The first-order valence-corrected chi connectivity index (χ1v) is 13.5. The van der Waals surface area contributed by atoms with Crippen LogP contribution in [-0.2, 0) is 16.1 Å². The van der Waals surface area contributed by atoms with Crippen LogP contribution >= 0.6 is 23.1 Å². The molecule has 1 aromatic carbocycles. The van der Waals surface area contributed by atoms with Crippen LogP contribution in [0.15, 0.2) is 53.6 Å². The summed E-state index contributed by atoms with van der Waals surface area (Å²) in [5.74, 6) is -1.30. The summed E-state index contributed by atoms with van der Waals surface area (Å²) in [5, 5.41) is 21.3. The van der Waals surface area contributed by atoms with Gasteiger partial charge in [0.1, 0.15) is 18.4 Å². The van der Waals surface area contributed by atoms with Gasteiger partial charge in [0.15, 0.2) is 0 Å². The van der Waals surface area contributed by atoms with Gasteiger partial charge in [0.05, 0.1) is 22.9 Å². The molecule has 0 spiro atoms. The van der Waals surface area contributed by atoms with Crippen molar-refractivity contribution in [2.24, 2.45) is 17.6 Å². The number of rotatable bonds is 9. The van der Waals surface area contributed by atoms with E-state index in [2.05, 4.69) is 21.1 Å². The topological polar surface area (TPSA) is 112 Å². The highest BCUT2D eigenvalue weighted by Gasteiger charge is 2.60. The van der Waals surface area contributed by atoms with Gasteiger partial charge < -0.3 is 20.8 Å². The molecule has 0 aliphatic carbocycles. The number of aromatic nitrogens is 2. The van der Waals surface area contributed by atoms with Crippen LogP contribution in [0.3, 0.4) is 0 Å². The fourth-order valence-electron chi connectivity index (χ4n) is 5.24. The van der Waals surface area contributed by atoms with Crippen molar-refractivity contribution in [2.45, 2.75) is 44.0 Å². The van der Waals surface area contributed by atoms with Crippen LogP contribution in [0.2, 0.25) is 0 Å². The Morgan fingerprint density at radius 1 is 1.31 bits per heavy atom. The van der Waals surface area contributed by atoms with E-state index in [1.165, 1.54) is 10.5 Å². The maximum Gasteiger partial charge on any atom is 0.352 e. The van der Waals surface area contributed by atoms with Gasteiger partial charge in [-0.3, -0.25) is 4.79 Å². The number of fused-ring (bicyclic) bond motifs is 2. The minimum atomic E-state index is -1.11. The van der Waals surface area contributed by atoms with Gasteiger partial charge in [0.2, 0.25) is 15.8 Å². The predicted octanol–water partition coefficient (Wildman–Crippen LogP) is 2.43. The molecule has 2 aromatic heterocycles. The second-order valence-electron chi connectivity index (χ2n) is 9.15. The van der Waals surface area contributed by atoms with E-state index in [0.717, 1.165) is 33.5 Å². The number of nitrogens with zero attached hydrogens (tertiary/aromatic N) is 3. The highest BCUT2D eigenvalue weighted by molar-refractivity contribution is 7.99. The summed E-state index contributed by atoms with van der Waals surface area (Å²) in [6, 6.07) is 9.93. The van der Waals surface area contributed by atoms with E-state index < -0.39 is 18.0 Å². The molecule has 35 heavy (non-hydrogen) atoms. The Morgan fingerprint density at radius 3 is 2.71 bits per heavy atom. The van der Waals surface area contributed by atoms with Crippen molar-refractivity contribution >= 4 is 45.4 Å². The number of thioether (sulfide) groups is 1. The number of hydrogen-bond acceptors (Lipinski definition) is 6. The van der Waals surface area contributed by atoms with Crippen molar-refractivity contribution in [3.63, 3.8) is 0 Å². The third kappa shape index (κ3) is 3.98. The standard InChI is InChI=1S/C25H28N4O4S2/c1-14-18(21(25(32)33)29-20(14)19(15(2)30)22(29)31)17-12-28-13-27(11-16-7-4-3-5-8-16)23(24(28)35-17)34-10-6-9-26/h3-5,7-8,12-15,19-20,30H,6,9-11,26H2,1-2H3/p+1/t14-,15+,19+,20+/m0/s1. The van der Waals surface area contributed by atoms with Crippen molar-refractivity contribution in [3.8, 4) is 0 Å². The molecule has 4 atom stereocenters. The zero-order chi connectivity index (χ0) is 24.9. The first-order valence-electron chi connectivity index (χ1n) is 11.7. The summed E-state index contributed by atoms with van der Waals surface area (Å²) in [7, 11) is 0. The molecule has 1 amide bonds. The molecule has 8 nitrogen and oxygen atoms in total. The smallest absolute Gasteiger partial charge is 0.352 e. The number of benzene rings is 1. The van der Waals surface area contributed by atoms with Crippen molar-refractivity contribution in [1.82, 2.24) is 9.30 Å². The number of carbonyl (C=O) groups is 2. The molecule has 0 radical (unpaired) electrons. The van der Waals surface area contributed by atoms with Crippen molar-refractivity contribution < 1.29 is 24.4 Å². The fourth-order valence-corrected chi connectivity index (χ4v) is 7.73. The van der Waals surface area contributed by atoms with Gasteiger partial charge in [0.25, 0.3) is 6.33 Å². The monoisotopic (exact) mass is 513 g/mol. The lowest BCUT2D eigenvalue weighted by Crippen LogP contribution is -2.63. The average Bonchev–Trinajstić information content (AvgIpc) is 3.43. The van der Waals surface area contributed by atoms with Crippen LogP contribution in [0.4, 0.5) is 0 Å². The molecular weight excluding hydrogens is 484 g/mol. The fraction of sp³-hybridized carbons (Fsp3) is 0.400. The molecule has 0 unspecified atom stereocenters. The molecule has 0 saturated carbocycles. The molecule has 5 rings (SSSR count). The van der Waals surface area contributed by atoms with Gasteiger partial charge in [-0.25, -0.2) is 9.36 Å². The number of carboxylic acid groups (broad SMARTS) is 1. The van der Waals surface area contributed by atoms with E-state index in [1.54, 1.807) is 30.0 Å². The summed E-state index contributed by atoms with van der Waals surface area (Å²) in [6.45, 7) is 4.90. The summed E-state index contributed by atoms with van der Waals surface area (Å²) < 4.78 is 4.27. The Bertz CT molecular complexity index is 1310. The number of carbonyl (C=O) groups excluding carboxylic acids is 1. The van der Waals surface area contributed by atoms with E-state index in [-0.39, 0.29) is 23.6 Å². The van der Waals surface area contributed by atoms with Crippen molar-refractivity contribution in [2.75, 3.05) is 12.3 Å².